The second-order valence-corrected chi connectivity index (χ2v) is 8.71. The zero-order valence-electron chi connectivity index (χ0n) is 19.0. The van der Waals surface area contributed by atoms with Crippen LogP contribution >= 0.6 is 0 Å². The quantitative estimate of drug-likeness (QED) is 0.470. The van der Waals surface area contributed by atoms with E-state index in [1.807, 2.05) is 62.6 Å². The van der Waals surface area contributed by atoms with Gasteiger partial charge in [0.15, 0.2) is 5.82 Å². The SMILES string of the molecule is Cc1cnc(N[C@H]2c3ccccc3OC[C@@H]2O)nc1-c1cc(F)c2nc(C)n(C(C)C)c2c1. The fourth-order valence-corrected chi connectivity index (χ4v) is 4.52. The van der Waals surface area contributed by atoms with Crippen LogP contribution in [0.4, 0.5) is 10.3 Å². The van der Waals surface area contributed by atoms with E-state index in [1.54, 1.807) is 6.20 Å². The Balaban J connectivity index is 1.56. The van der Waals surface area contributed by atoms with Gasteiger partial charge in [0.05, 0.1) is 17.3 Å². The average Bonchev–Trinajstić information content (AvgIpc) is 3.13. The molecular weight excluding hydrogens is 421 g/mol. The summed E-state index contributed by atoms with van der Waals surface area (Å²) in [5.74, 6) is 1.46. The van der Waals surface area contributed by atoms with Crippen molar-refractivity contribution in [2.24, 2.45) is 0 Å². The minimum absolute atomic E-state index is 0.142. The summed E-state index contributed by atoms with van der Waals surface area (Å²) in [6.07, 6.45) is 0.945. The van der Waals surface area contributed by atoms with Gasteiger partial charge in [0.2, 0.25) is 5.95 Å². The predicted octanol–water partition coefficient (Wildman–Crippen LogP) is 4.74. The third-order valence-electron chi connectivity index (χ3n) is 6.02. The van der Waals surface area contributed by atoms with Gasteiger partial charge in [-0.15, -0.1) is 0 Å². The molecule has 0 spiro atoms. The lowest BCUT2D eigenvalue weighted by Crippen LogP contribution is -2.35. The second-order valence-electron chi connectivity index (χ2n) is 8.71. The first-order valence-corrected chi connectivity index (χ1v) is 11.0. The molecule has 2 aromatic carbocycles. The number of hydrogen-bond acceptors (Lipinski definition) is 6. The van der Waals surface area contributed by atoms with E-state index in [2.05, 4.69) is 15.3 Å². The number of ether oxygens (including phenoxy) is 1. The van der Waals surface area contributed by atoms with E-state index in [0.29, 0.717) is 22.7 Å². The van der Waals surface area contributed by atoms with Crippen molar-refractivity contribution in [3.63, 3.8) is 0 Å². The number of halogens is 1. The van der Waals surface area contributed by atoms with Gasteiger partial charge in [0.1, 0.15) is 29.8 Å². The number of anilines is 1. The molecule has 170 valence electrons. The Kier molecular flexibility index (Phi) is 5.25. The molecule has 0 fully saturated rings. The van der Waals surface area contributed by atoms with Gasteiger partial charge in [0, 0.05) is 23.4 Å². The maximum Gasteiger partial charge on any atom is 0.223 e. The highest BCUT2D eigenvalue weighted by atomic mass is 19.1. The summed E-state index contributed by atoms with van der Waals surface area (Å²) < 4.78 is 22.7. The molecule has 0 unspecified atom stereocenters. The molecule has 8 heteroatoms. The molecule has 2 atom stereocenters. The smallest absolute Gasteiger partial charge is 0.223 e. The highest BCUT2D eigenvalue weighted by Crippen LogP contribution is 2.35. The van der Waals surface area contributed by atoms with Crippen LogP contribution in [0, 0.1) is 19.7 Å². The van der Waals surface area contributed by atoms with Gasteiger partial charge in [-0.1, -0.05) is 18.2 Å². The van der Waals surface area contributed by atoms with Crippen molar-refractivity contribution in [1.82, 2.24) is 19.5 Å². The van der Waals surface area contributed by atoms with Crippen LogP contribution in [-0.2, 0) is 0 Å². The van der Waals surface area contributed by atoms with E-state index >= 15 is 4.39 Å². The van der Waals surface area contributed by atoms with Gasteiger partial charge >= 0.3 is 0 Å². The normalized spacial score (nSPS) is 17.8. The van der Waals surface area contributed by atoms with E-state index in [0.717, 1.165) is 28.2 Å². The average molecular weight is 448 g/mol. The van der Waals surface area contributed by atoms with Gasteiger partial charge in [-0.3, -0.25) is 0 Å². The first kappa shape index (κ1) is 21.3. The number of aliphatic hydroxyl groups is 1. The number of aromatic nitrogens is 4. The summed E-state index contributed by atoms with van der Waals surface area (Å²) in [7, 11) is 0. The van der Waals surface area contributed by atoms with Crippen molar-refractivity contribution in [2.45, 2.75) is 45.9 Å². The zero-order chi connectivity index (χ0) is 23.3. The van der Waals surface area contributed by atoms with Crippen LogP contribution in [0.5, 0.6) is 5.75 Å². The van der Waals surface area contributed by atoms with Crippen LogP contribution in [0.25, 0.3) is 22.3 Å². The van der Waals surface area contributed by atoms with Crippen molar-refractivity contribution in [3.05, 3.63) is 65.4 Å². The number of para-hydroxylation sites is 1. The van der Waals surface area contributed by atoms with Crippen LogP contribution in [-0.4, -0.2) is 37.3 Å². The van der Waals surface area contributed by atoms with Crippen LogP contribution in [0.1, 0.15) is 42.9 Å². The monoisotopic (exact) mass is 447 g/mol. The van der Waals surface area contributed by atoms with Gasteiger partial charge in [-0.05, 0) is 51.5 Å². The first-order chi connectivity index (χ1) is 15.8. The van der Waals surface area contributed by atoms with Crippen molar-refractivity contribution in [1.29, 1.82) is 0 Å². The van der Waals surface area contributed by atoms with Crippen molar-refractivity contribution < 1.29 is 14.2 Å². The van der Waals surface area contributed by atoms with E-state index in [4.69, 9.17) is 9.72 Å². The molecule has 1 aliphatic heterocycles. The number of aryl methyl sites for hydroxylation is 2. The lowest BCUT2D eigenvalue weighted by molar-refractivity contribution is 0.0736. The molecule has 4 aromatic rings. The summed E-state index contributed by atoms with van der Waals surface area (Å²) in [6.45, 7) is 8.05. The topological polar surface area (TPSA) is 85.1 Å². The molecule has 2 aromatic heterocycles. The summed E-state index contributed by atoms with van der Waals surface area (Å²) in [4.78, 5) is 13.5. The molecule has 0 saturated carbocycles. The van der Waals surface area contributed by atoms with Crippen LogP contribution in [0.2, 0.25) is 0 Å². The van der Waals surface area contributed by atoms with Gasteiger partial charge in [0.25, 0.3) is 0 Å². The number of nitrogens with one attached hydrogen (secondary N) is 1. The zero-order valence-corrected chi connectivity index (χ0v) is 19.0. The minimum Gasteiger partial charge on any atom is -0.490 e. The Labute approximate surface area is 191 Å². The molecule has 0 bridgehead atoms. The highest BCUT2D eigenvalue weighted by Gasteiger charge is 2.30. The summed E-state index contributed by atoms with van der Waals surface area (Å²) in [5, 5.41) is 13.8. The number of aliphatic hydroxyl groups excluding tert-OH is 1. The Hall–Kier alpha value is -3.52. The standard InChI is InChI=1S/C25H26FN5O2/c1-13(2)31-15(4)28-24-18(26)9-16(10-19(24)31)22-14(3)11-27-25(29-22)30-23-17-7-5-6-8-21(17)33-12-20(23)32/h5-11,13,20,23,32H,12H2,1-4H3,(H,27,29,30)/t20-,23-/m0/s1. The fraction of sp³-hybridized carbons (Fsp3) is 0.320. The Morgan fingerprint density at radius 1 is 1.18 bits per heavy atom. The summed E-state index contributed by atoms with van der Waals surface area (Å²) >= 11 is 0. The highest BCUT2D eigenvalue weighted by molar-refractivity contribution is 5.83. The number of hydrogen-bond donors (Lipinski definition) is 2. The maximum atomic E-state index is 15.0. The van der Waals surface area contributed by atoms with Crippen LogP contribution in [0.3, 0.4) is 0 Å². The molecule has 0 amide bonds. The van der Waals surface area contributed by atoms with Gasteiger partial charge in [-0.2, -0.15) is 0 Å². The van der Waals surface area contributed by atoms with E-state index in [-0.39, 0.29) is 18.5 Å². The molecule has 1 aliphatic rings. The molecular formula is C25H26FN5O2. The third kappa shape index (κ3) is 3.70. The number of nitrogens with zero attached hydrogens (tertiary/aromatic N) is 4. The molecule has 0 aliphatic carbocycles. The van der Waals surface area contributed by atoms with Crippen molar-refractivity contribution in [2.75, 3.05) is 11.9 Å². The molecule has 5 rings (SSSR count). The Morgan fingerprint density at radius 2 is 1.97 bits per heavy atom. The van der Waals surface area contributed by atoms with Crippen molar-refractivity contribution >= 4 is 17.0 Å². The fourth-order valence-electron chi connectivity index (χ4n) is 4.52. The lowest BCUT2D eigenvalue weighted by Gasteiger charge is -2.31. The van der Waals surface area contributed by atoms with E-state index in [1.165, 1.54) is 6.07 Å². The number of imidazole rings is 1. The summed E-state index contributed by atoms with van der Waals surface area (Å²) in [5.41, 5.74) is 4.02. The molecule has 33 heavy (non-hydrogen) atoms. The van der Waals surface area contributed by atoms with E-state index in [9.17, 15) is 5.11 Å². The molecule has 2 N–H and O–H groups in total. The third-order valence-corrected chi connectivity index (χ3v) is 6.02. The molecule has 7 nitrogen and oxygen atoms in total. The second kappa shape index (κ2) is 8.12. The summed E-state index contributed by atoms with van der Waals surface area (Å²) in [6, 6.07) is 10.7. The number of rotatable bonds is 4. The van der Waals surface area contributed by atoms with Gasteiger partial charge in [-0.25, -0.2) is 19.3 Å². The Bertz CT molecular complexity index is 1350. The number of benzene rings is 2. The van der Waals surface area contributed by atoms with E-state index < -0.39 is 12.1 Å². The van der Waals surface area contributed by atoms with Gasteiger partial charge < -0.3 is 19.7 Å². The lowest BCUT2D eigenvalue weighted by atomic mass is 9.98. The molecule has 3 heterocycles. The van der Waals surface area contributed by atoms with Crippen molar-refractivity contribution in [3.8, 4) is 17.0 Å². The molecule has 0 radical (unpaired) electrons. The Morgan fingerprint density at radius 3 is 2.76 bits per heavy atom. The molecule has 0 saturated heterocycles. The predicted molar refractivity (Wildman–Crippen MR) is 125 cm³/mol. The van der Waals surface area contributed by atoms with Crippen LogP contribution < -0.4 is 10.1 Å². The minimum atomic E-state index is -0.759. The first-order valence-electron chi connectivity index (χ1n) is 11.0. The van der Waals surface area contributed by atoms with Crippen LogP contribution in [0.15, 0.2) is 42.6 Å². The maximum absolute atomic E-state index is 15.0. The largest absolute Gasteiger partial charge is 0.490 e. The number of fused-ring (bicyclic) bond motifs is 2.